The predicted molar refractivity (Wildman–Crippen MR) is 105 cm³/mol. The highest BCUT2D eigenvalue weighted by molar-refractivity contribution is 5.97. The van der Waals surface area contributed by atoms with Crippen molar-refractivity contribution in [1.82, 2.24) is 14.7 Å². The van der Waals surface area contributed by atoms with E-state index in [2.05, 4.69) is 0 Å². The molecule has 0 N–H and O–H groups in total. The van der Waals surface area contributed by atoms with Gasteiger partial charge in [-0.25, -0.2) is 9.07 Å². The average molecular weight is 399 g/mol. The molecule has 1 aliphatic carbocycles. The zero-order valence-corrected chi connectivity index (χ0v) is 16.9. The highest BCUT2D eigenvalue weighted by Gasteiger charge is 2.37. The minimum absolute atomic E-state index is 0.0771. The van der Waals surface area contributed by atoms with Gasteiger partial charge in [0.15, 0.2) is 0 Å². The molecular formula is C22H26FN3O3. The lowest BCUT2D eigenvalue weighted by Gasteiger charge is -2.31. The molecule has 0 radical (unpaired) electrons. The van der Waals surface area contributed by atoms with E-state index in [1.54, 1.807) is 28.6 Å². The molecule has 0 bridgehead atoms. The predicted octanol–water partition coefficient (Wildman–Crippen LogP) is 3.61. The van der Waals surface area contributed by atoms with E-state index in [0.29, 0.717) is 31.2 Å². The van der Waals surface area contributed by atoms with Crippen molar-refractivity contribution < 1.29 is 18.7 Å². The summed E-state index contributed by atoms with van der Waals surface area (Å²) in [7, 11) is 0. The van der Waals surface area contributed by atoms with Gasteiger partial charge in [0.25, 0.3) is 5.91 Å². The van der Waals surface area contributed by atoms with Crippen molar-refractivity contribution in [2.75, 3.05) is 19.7 Å². The van der Waals surface area contributed by atoms with Gasteiger partial charge < -0.3 is 9.64 Å². The van der Waals surface area contributed by atoms with E-state index in [1.165, 1.54) is 12.1 Å². The zero-order valence-electron chi connectivity index (χ0n) is 16.9. The molecule has 1 amide bonds. The molecule has 0 unspecified atom stereocenters. The van der Waals surface area contributed by atoms with Gasteiger partial charge in [-0.3, -0.25) is 9.59 Å². The van der Waals surface area contributed by atoms with E-state index in [1.807, 2.05) is 6.92 Å². The number of halogens is 1. The van der Waals surface area contributed by atoms with Gasteiger partial charge in [-0.05, 0) is 63.8 Å². The lowest BCUT2D eigenvalue weighted by atomic mass is 9.97. The van der Waals surface area contributed by atoms with Crippen molar-refractivity contribution in [3.05, 3.63) is 47.0 Å². The van der Waals surface area contributed by atoms with Gasteiger partial charge in [-0.2, -0.15) is 5.10 Å². The van der Waals surface area contributed by atoms with Crippen LogP contribution in [0.1, 0.15) is 60.3 Å². The number of carbonyl (C=O) groups is 2. The maximum atomic E-state index is 13.5. The van der Waals surface area contributed by atoms with Gasteiger partial charge in [-0.1, -0.05) is 0 Å². The standard InChI is InChI=1S/C22H26FN3O3/c1-3-29-22(28)16-5-4-12-25(13-16)21(27)19-14(2)26(24-20(19)15-6-7-15)18-10-8-17(23)9-11-18/h8-11,15-16H,3-7,12-13H2,1-2H3/t16-/m1/s1. The van der Waals surface area contributed by atoms with Gasteiger partial charge >= 0.3 is 5.97 Å². The van der Waals surface area contributed by atoms with Crippen LogP contribution < -0.4 is 0 Å². The van der Waals surface area contributed by atoms with Crippen LogP contribution in [-0.2, 0) is 9.53 Å². The molecule has 6 nitrogen and oxygen atoms in total. The van der Waals surface area contributed by atoms with Crippen LogP contribution in [0.5, 0.6) is 0 Å². The first kappa shape index (κ1) is 19.6. The second-order valence-corrected chi connectivity index (χ2v) is 7.85. The lowest BCUT2D eigenvalue weighted by molar-refractivity contribution is -0.149. The monoisotopic (exact) mass is 399 g/mol. The smallest absolute Gasteiger partial charge is 0.310 e. The van der Waals surface area contributed by atoms with Crippen LogP contribution in [0.25, 0.3) is 5.69 Å². The number of esters is 1. The number of rotatable bonds is 5. The van der Waals surface area contributed by atoms with Gasteiger partial charge in [0.2, 0.25) is 0 Å². The van der Waals surface area contributed by atoms with Crippen LogP contribution in [0.15, 0.2) is 24.3 Å². The largest absolute Gasteiger partial charge is 0.466 e. The maximum absolute atomic E-state index is 13.5. The molecule has 1 saturated heterocycles. The first-order valence-corrected chi connectivity index (χ1v) is 10.3. The van der Waals surface area contributed by atoms with E-state index < -0.39 is 0 Å². The number of piperidine rings is 1. The van der Waals surface area contributed by atoms with E-state index in [0.717, 1.165) is 42.8 Å². The molecule has 4 rings (SSSR count). The summed E-state index contributed by atoms with van der Waals surface area (Å²) < 4.78 is 20.2. The summed E-state index contributed by atoms with van der Waals surface area (Å²) in [6.45, 7) is 5.02. The Balaban J connectivity index is 1.64. The molecule has 1 aliphatic heterocycles. The van der Waals surface area contributed by atoms with Crippen LogP contribution >= 0.6 is 0 Å². The molecule has 2 fully saturated rings. The van der Waals surface area contributed by atoms with Gasteiger partial charge in [0, 0.05) is 19.0 Å². The van der Waals surface area contributed by atoms with Crippen molar-refractivity contribution >= 4 is 11.9 Å². The molecule has 7 heteroatoms. The summed E-state index contributed by atoms with van der Waals surface area (Å²) in [6.07, 6.45) is 3.56. The van der Waals surface area contributed by atoms with Crippen LogP contribution in [0.3, 0.4) is 0 Å². The number of hydrogen-bond donors (Lipinski definition) is 0. The van der Waals surface area contributed by atoms with Gasteiger partial charge in [0.1, 0.15) is 5.82 Å². The topological polar surface area (TPSA) is 64.4 Å². The fourth-order valence-corrected chi connectivity index (χ4v) is 4.04. The van der Waals surface area contributed by atoms with Crippen molar-refractivity contribution in [2.24, 2.45) is 5.92 Å². The van der Waals surface area contributed by atoms with Crippen LogP contribution in [-0.4, -0.2) is 46.3 Å². The maximum Gasteiger partial charge on any atom is 0.310 e. The quantitative estimate of drug-likeness (QED) is 0.721. The first-order chi connectivity index (χ1) is 14.0. The minimum atomic E-state index is -0.310. The Morgan fingerprint density at radius 2 is 1.93 bits per heavy atom. The molecule has 0 spiro atoms. The van der Waals surface area contributed by atoms with Crippen molar-refractivity contribution in [1.29, 1.82) is 0 Å². The van der Waals surface area contributed by atoms with Crippen LogP contribution in [0, 0.1) is 18.7 Å². The molecule has 2 heterocycles. The van der Waals surface area contributed by atoms with Crippen LogP contribution in [0.4, 0.5) is 4.39 Å². The van der Waals surface area contributed by atoms with E-state index in [-0.39, 0.29) is 23.6 Å². The molecule has 154 valence electrons. The van der Waals surface area contributed by atoms with Gasteiger partial charge in [-0.15, -0.1) is 0 Å². The number of amides is 1. The molecule has 1 atom stereocenters. The van der Waals surface area contributed by atoms with Crippen molar-refractivity contribution in [2.45, 2.75) is 45.4 Å². The number of benzene rings is 1. The fourth-order valence-electron chi connectivity index (χ4n) is 4.04. The minimum Gasteiger partial charge on any atom is -0.466 e. The second-order valence-electron chi connectivity index (χ2n) is 7.85. The highest BCUT2D eigenvalue weighted by Crippen LogP contribution is 2.42. The summed E-state index contributed by atoms with van der Waals surface area (Å²) in [6, 6.07) is 6.11. The number of hydrogen-bond acceptors (Lipinski definition) is 4. The number of carbonyl (C=O) groups excluding carboxylic acids is 2. The number of nitrogens with zero attached hydrogens (tertiary/aromatic N) is 3. The highest BCUT2D eigenvalue weighted by atomic mass is 19.1. The van der Waals surface area contributed by atoms with E-state index in [9.17, 15) is 14.0 Å². The molecule has 2 aliphatic rings. The van der Waals surface area contributed by atoms with Gasteiger partial charge in [0.05, 0.1) is 35.2 Å². The first-order valence-electron chi connectivity index (χ1n) is 10.3. The van der Waals surface area contributed by atoms with E-state index in [4.69, 9.17) is 9.84 Å². The lowest BCUT2D eigenvalue weighted by Crippen LogP contribution is -2.43. The molecular weight excluding hydrogens is 373 g/mol. The molecule has 1 aromatic carbocycles. The number of aromatic nitrogens is 2. The zero-order chi connectivity index (χ0) is 20.5. The summed E-state index contributed by atoms with van der Waals surface area (Å²) >= 11 is 0. The Bertz CT molecular complexity index is 918. The Morgan fingerprint density at radius 3 is 2.59 bits per heavy atom. The Morgan fingerprint density at radius 1 is 1.21 bits per heavy atom. The Hall–Kier alpha value is -2.70. The third kappa shape index (κ3) is 3.91. The Labute approximate surface area is 169 Å². The summed E-state index contributed by atoms with van der Waals surface area (Å²) in [5.74, 6) is -0.599. The fraction of sp³-hybridized carbons (Fsp3) is 0.500. The summed E-state index contributed by atoms with van der Waals surface area (Å²) in [4.78, 5) is 27.4. The average Bonchev–Trinajstić information content (AvgIpc) is 3.51. The normalized spacial score (nSPS) is 19.3. The summed E-state index contributed by atoms with van der Waals surface area (Å²) in [5, 5.41) is 4.73. The number of likely N-dealkylation sites (tertiary alicyclic amines) is 1. The van der Waals surface area contributed by atoms with Crippen LogP contribution in [0.2, 0.25) is 0 Å². The molecule has 29 heavy (non-hydrogen) atoms. The summed E-state index contributed by atoms with van der Waals surface area (Å²) in [5.41, 5.74) is 2.92. The number of ether oxygens (including phenoxy) is 1. The third-order valence-electron chi connectivity index (χ3n) is 5.72. The molecule has 1 saturated carbocycles. The second kappa shape index (κ2) is 7.97. The molecule has 1 aromatic heterocycles. The van der Waals surface area contributed by atoms with Crippen molar-refractivity contribution in [3.8, 4) is 5.69 Å². The van der Waals surface area contributed by atoms with E-state index >= 15 is 0 Å². The Kier molecular flexibility index (Phi) is 5.39. The SMILES string of the molecule is CCOC(=O)[C@@H]1CCCN(C(=O)c2c(C3CC3)nn(-c3ccc(F)cc3)c2C)C1. The van der Waals surface area contributed by atoms with Crippen molar-refractivity contribution in [3.63, 3.8) is 0 Å². The molecule has 2 aromatic rings. The third-order valence-corrected chi connectivity index (χ3v) is 5.72.